The Labute approximate surface area is 141 Å². The van der Waals surface area contributed by atoms with Crippen LogP contribution in [0, 0.1) is 10.1 Å². The zero-order valence-corrected chi connectivity index (χ0v) is 13.5. The molecular weight excluding hydrogens is 334 g/mol. The van der Waals surface area contributed by atoms with Crippen molar-refractivity contribution in [3.05, 3.63) is 47.3 Å². The number of aliphatic hydroxyl groups excluding tert-OH is 2. The molecule has 1 aliphatic heterocycles. The van der Waals surface area contributed by atoms with Crippen molar-refractivity contribution in [2.24, 2.45) is 0 Å². The number of imidazole rings is 1. The molecule has 2 N–H and O–H groups in total. The highest BCUT2D eigenvalue weighted by molar-refractivity contribution is 7.99. The van der Waals surface area contributed by atoms with Crippen LogP contribution in [0.2, 0.25) is 0 Å². The topological polar surface area (TPSA) is 111 Å². The molecule has 0 bridgehead atoms. The molecule has 8 nitrogen and oxygen atoms in total. The van der Waals surface area contributed by atoms with Gasteiger partial charge in [0.25, 0.3) is 5.69 Å². The average molecular weight is 351 g/mol. The molecule has 1 saturated heterocycles. The third kappa shape index (κ3) is 2.91. The maximum Gasteiger partial charge on any atom is 0.297 e. The van der Waals surface area contributed by atoms with Crippen molar-refractivity contribution in [3.8, 4) is 0 Å². The molecular formula is C15H17N3O5S. The zero-order chi connectivity index (χ0) is 17.3. The normalized spacial score (nSPS) is 26.8. The number of nitro benzene ring substituents is 1. The Hall–Kier alpha value is -1.94. The van der Waals surface area contributed by atoms with Gasteiger partial charge in [0, 0.05) is 17.6 Å². The van der Waals surface area contributed by atoms with E-state index in [-0.39, 0.29) is 11.2 Å². The Kier molecular flexibility index (Phi) is 4.86. The van der Waals surface area contributed by atoms with Gasteiger partial charge < -0.3 is 19.5 Å². The highest BCUT2D eigenvalue weighted by Crippen LogP contribution is 2.34. The maximum atomic E-state index is 11.1. The van der Waals surface area contributed by atoms with E-state index >= 15 is 0 Å². The fourth-order valence-electron chi connectivity index (χ4n) is 2.76. The Balaban J connectivity index is 1.89. The molecule has 1 aromatic carbocycles. The average Bonchev–Trinajstić information content (AvgIpc) is 3.11. The van der Waals surface area contributed by atoms with Crippen LogP contribution < -0.4 is 0 Å². The van der Waals surface area contributed by atoms with Gasteiger partial charge >= 0.3 is 0 Å². The fraction of sp³-hybridized carbons (Fsp3) is 0.400. The van der Waals surface area contributed by atoms with Crippen molar-refractivity contribution < 1.29 is 19.9 Å². The van der Waals surface area contributed by atoms with Crippen LogP contribution in [0.1, 0.15) is 6.23 Å². The van der Waals surface area contributed by atoms with Crippen LogP contribution in [0.5, 0.6) is 0 Å². The summed E-state index contributed by atoms with van der Waals surface area (Å²) in [5, 5.41) is 31.6. The van der Waals surface area contributed by atoms with Gasteiger partial charge in [-0.1, -0.05) is 12.1 Å². The van der Waals surface area contributed by atoms with Crippen LogP contribution >= 0.6 is 11.8 Å². The first-order valence-corrected chi connectivity index (χ1v) is 8.50. The molecule has 0 aliphatic carbocycles. The minimum absolute atomic E-state index is 0.114. The molecule has 2 aromatic rings. The van der Waals surface area contributed by atoms with Gasteiger partial charge in [-0.2, -0.15) is 11.8 Å². The maximum absolute atomic E-state index is 11.1. The largest absolute Gasteiger partial charge is 0.387 e. The van der Waals surface area contributed by atoms with Crippen molar-refractivity contribution in [3.63, 3.8) is 0 Å². The molecule has 2 heterocycles. The van der Waals surface area contributed by atoms with Gasteiger partial charge in [-0.05, 0) is 6.07 Å². The molecule has 0 unspecified atom stereocenters. The number of benzene rings is 1. The van der Waals surface area contributed by atoms with Gasteiger partial charge in [-0.15, -0.1) is 6.58 Å². The number of nitrogens with zero attached hydrogens (tertiary/aromatic N) is 3. The second kappa shape index (κ2) is 6.89. The summed E-state index contributed by atoms with van der Waals surface area (Å²) in [6.45, 7) is 3.63. The van der Waals surface area contributed by atoms with E-state index < -0.39 is 29.5 Å². The first-order valence-electron chi connectivity index (χ1n) is 7.34. The lowest BCUT2D eigenvalue weighted by molar-refractivity contribution is -0.383. The lowest BCUT2D eigenvalue weighted by Gasteiger charge is -2.17. The zero-order valence-electron chi connectivity index (χ0n) is 12.7. The lowest BCUT2D eigenvalue weighted by atomic mass is 10.1. The van der Waals surface area contributed by atoms with Crippen molar-refractivity contribution in [2.45, 2.75) is 24.5 Å². The number of aromatic nitrogens is 2. The van der Waals surface area contributed by atoms with Crippen LogP contribution in [-0.4, -0.2) is 54.5 Å². The van der Waals surface area contributed by atoms with Crippen molar-refractivity contribution in [1.29, 1.82) is 0 Å². The minimum atomic E-state index is -1.14. The number of ether oxygens (including phenoxy) is 1. The van der Waals surface area contributed by atoms with Gasteiger partial charge in [-0.3, -0.25) is 10.1 Å². The molecule has 0 amide bonds. The Morgan fingerprint density at radius 2 is 2.25 bits per heavy atom. The molecule has 0 radical (unpaired) electrons. The summed E-state index contributed by atoms with van der Waals surface area (Å²) >= 11 is 1.54. The highest BCUT2D eigenvalue weighted by atomic mass is 32.2. The van der Waals surface area contributed by atoms with E-state index in [1.807, 2.05) is 0 Å². The number of hydrogen-bond donors (Lipinski definition) is 2. The molecule has 1 aromatic heterocycles. The number of aliphatic hydroxyl groups is 2. The minimum Gasteiger partial charge on any atom is -0.387 e. The smallest absolute Gasteiger partial charge is 0.297 e. The molecule has 24 heavy (non-hydrogen) atoms. The first-order chi connectivity index (χ1) is 11.5. The second-order valence-electron chi connectivity index (χ2n) is 5.43. The summed E-state index contributed by atoms with van der Waals surface area (Å²) < 4.78 is 7.31. The quantitative estimate of drug-likeness (QED) is 0.351. The predicted octanol–water partition coefficient (Wildman–Crippen LogP) is 1.48. The number of thioether (sulfide) groups is 1. The molecule has 1 fully saturated rings. The molecule has 1 aliphatic rings. The van der Waals surface area contributed by atoms with Crippen LogP contribution in [0.3, 0.4) is 0 Å². The van der Waals surface area contributed by atoms with Gasteiger partial charge in [0.2, 0.25) is 0 Å². The van der Waals surface area contributed by atoms with Crippen LogP contribution in [-0.2, 0) is 4.74 Å². The van der Waals surface area contributed by atoms with E-state index in [4.69, 9.17) is 4.74 Å². The summed E-state index contributed by atoms with van der Waals surface area (Å²) in [5.41, 5.74) is 0.578. The summed E-state index contributed by atoms with van der Waals surface area (Å²) in [6, 6.07) is 4.58. The summed E-state index contributed by atoms with van der Waals surface area (Å²) in [7, 11) is 0. The van der Waals surface area contributed by atoms with Gasteiger partial charge in [0.1, 0.15) is 12.2 Å². The van der Waals surface area contributed by atoms with E-state index in [9.17, 15) is 20.3 Å². The standard InChI is InChI=1S/C15H17N3O5S/c1-2-6-24-7-11-13(19)14(20)15(23-11)17-8-16-12-9(17)4-3-5-10(12)18(21)22/h2-5,8,11,13-15,19-20H,1,6-7H2/t11-,13-,14-,15-/m1/s1. The number of para-hydroxylation sites is 1. The van der Waals surface area contributed by atoms with E-state index in [2.05, 4.69) is 11.6 Å². The third-order valence-electron chi connectivity index (χ3n) is 3.91. The number of hydrogen-bond acceptors (Lipinski definition) is 7. The second-order valence-corrected chi connectivity index (χ2v) is 6.50. The lowest BCUT2D eigenvalue weighted by Crippen LogP contribution is -2.32. The van der Waals surface area contributed by atoms with E-state index in [1.54, 1.807) is 18.2 Å². The van der Waals surface area contributed by atoms with Crippen LogP contribution in [0.4, 0.5) is 5.69 Å². The molecule has 0 spiro atoms. The summed E-state index contributed by atoms with van der Waals surface area (Å²) in [4.78, 5) is 14.7. The SMILES string of the molecule is C=CCSC[C@H]1O[C@@H](n2cnc3c([N+](=O)[O-])cccc32)[C@H](O)[C@@H]1O. The van der Waals surface area contributed by atoms with Crippen molar-refractivity contribution in [2.75, 3.05) is 11.5 Å². The van der Waals surface area contributed by atoms with E-state index in [0.29, 0.717) is 17.0 Å². The number of non-ortho nitro benzene ring substituents is 1. The third-order valence-corrected chi connectivity index (χ3v) is 4.94. The van der Waals surface area contributed by atoms with E-state index in [1.165, 1.54) is 28.7 Å². The first kappa shape index (κ1) is 16.9. The van der Waals surface area contributed by atoms with Crippen LogP contribution in [0.15, 0.2) is 37.2 Å². The number of rotatable bonds is 6. The van der Waals surface area contributed by atoms with Crippen molar-refractivity contribution >= 4 is 28.5 Å². The predicted molar refractivity (Wildman–Crippen MR) is 89.8 cm³/mol. The molecule has 128 valence electrons. The van der Waals surface area contributed by atoms with Crippen LogP contribution in [0.25, 0.3) is 11.0 Å². The number of fused-ring (bicyclic) bond motifs is 1. The summed E-state index contributed by atoms with van der Waals surface area (Å²) in [6.07, 6.45) is -0.424. The monoisotopic (exact) mass is 351 g/mol. The van der Waals surface area contributed by atoms with Crippen molar-refractivity contribution in [1.82, 2.24) is 9.55 Å². The fourth-order valence-corrected chi connectivity index (χ4v) is 3.57. The molecule has 0 saturated carbocycles. The van der Waals surface area contributed by atoms with Gasteiger partial charge in [0.05, 0.1) is 22.9 Å². The Morgan fingerprint density at radius 1 is 1.46 bits per heavy atom. The molecule has 3 rings (SSSR count). The Bertz CT molecular complexity index is 765. The Morgan fingerprint density at radius 3 is 2.96 bits per heavy atom. The van der Waals surface area contributed by atoms with Gasteiger partial charge in [-0.25, -0.2) is 4.98 Å². The van der Waals surface area contributed by atoms with E-state index in [0.717, 1.165) is 0 Å². The summed E-state index contributed by atoms with van der Waals surface area (Å²) in [5.74, 6) is 1.22. The highest BCUT2D eigenvalue weighted by Gasteiger charge is 2.44. The number of nitro groups is 1. The molecule has 9 heteroatoms. The molecule has 4 atom stereocenters. The van der Waals surface area contributed by atoms with Gasteiger partial charge in [0.15, 0.2) is 11.7 Å².